The van der Waals surface area contributed by atoms with Crippen LogP contribution in [0.2, 0.25) is 0 Å². The number of aromatic nitrogens is 2. The quantitative estimate of drug-likeness (QED) is 0.820. The molecule has 126 valence electrons. The van der Waals surface area contributed by atoms with Crippen molar-refractivity contribution >= 4 is 28.9 Å². The standard InChI is InChI=1S/C15H16N4O5/c1-15(2)13(21)19(14(22)23-15)8-12(20)18(3)7-9-4-5-10-11(6-9)17-24-16-10/h4-6H,7-8H2,1-3H3. The van der Waals surface area contributed by atoms with Gasteiger partial charge in [0.05, 0.1) is 0 Å². The first-order valence-electron chi connectivity index (χ1n) is 7.28. The lowest BCUT2D eigenvalue weighted by molar-refractivity contribution is -0.139. The van der Waals surface area contributed by atoms with Crippen LogP contribution in [0.3, 0.4) is 0 Å². The number of cyclic esters (lactones) is 1. The largest absolute Gasteiger partial charge is 0.433 e. The van der Waals surface area contributed by atoms with E-state index in [1.54, 1.807) is 25.2 Å². The van der Waals surface area contributed by atoms with Crippen LogP contribution in [-0.2, 0) is 20.9 Å². The summed E-state index contributed by atoms with van der Waals surface area (Å²) < 4.78 is 9.58. The number of hydrogen-bond acceptors (Lipinski definition) is 7. The van der Waals surface area contributed by atoms with E-state index in [1.807, 2.05) is 0 Å². The summed E-state index contributed by atoms with van der Waals surface area (Å²) in [6.07, 6.45) is -0.804. The Morgan fingerprint density at radius 2 is 1.96 bits per heavy atom. The fraction of sp³-hybridized carbons (Fsp3) is 0.400. The van der Waals surface area contributed by atoms with Crippen molar-refractivity contribution < 1.29 is 23.7 Å². The second kappa shape index (κ2) is 5.59. The van der Waals surface area contributed by atoms with E-state index in [2.05, 4.69) is 14.9 Å². The first kappa shape index (κ1) is 15.9. The van der Waals surface area contributed by atoms with Crippen LogP contribution in [0.4, 0.5) is 4.79 Å². The molecule has 9 heteroatoms. The molecule has 1 aromatic carbocycles. The van der Waals surface area contributed by atoms with Crippen molar-refractivity contribution in [3.05, 3.63) is 23.8 Å². The third kappa shape index (κ3) is 2.80. The van der Waals surface area contributed by atoms with Crippen molar-refractivity contribution in [1.82, 2.24) is 20.1 Å². The zero-order chi connectivity index (χ0) is 17.5. The Morgan fingerprint density at radius 1 is 1.25 bits per heavy atom. The van der Waals surface area contributed by atoms with Gasteiger partial charge in [-0.15, -0.1) is 0 Å². The van der Waals surface area contributed by atoms with Gasteiger partial charge in [0, 0.05) is 13.6 Å². The summed E-state index contributed by atoms with van der Waals surface area (Å²) in [6, 6.07) is 5.30. The second-order valence-corrected chi connectivity index (χ2v) is 6.11. The van der Waals surface area contributed by atoms with Crippen LogP contribution in [0.1, 0.15) is 19.4 Å². The van der Waals surface area contributed by atoms with E-state index < -0.39 is 17.6 Å². The summed E-state index contributed by atoms with van der Waals surface area (Å²) in [5.41, 5.74) is 0.805. The summed E-state index contributed by atoms with van der Waals surface area (Å²) in [5, 5.41) is 7.46. The molecular formula is C15H16N4O5. The highest BCUT2D eigenvalue weighted by molar-refractivity contribution is 6.04. The molecule has 24 heavy (non-hydrogen) atoms. The van der Waals surface area contributed by atoms with Crippen LogP contribution in [0.25, 0.3) is 11.0 Å². The summed E-state index contributed by atoms with van der Waals surface area (Å²) in [6.45, 7) is 2.92. The predicted octanol–water partition coefficient (Wildman–Crippen LogP) is 0.939. The van der Waals surface area contributed by atoms with E-state index >= 15 is 0 Å². The van der Waals surface area contributed by atoms with Crippen molar-refractivity contribution in [2.75, 3.05) is 13.6 Å². The van der Waals surface area contributed by atoms with Crippen LogP contribution in [0.5, 0.6) is 0 Å². The van der Waals surface area contributed by atoms with Gasteiger partial charge in [-0.3, -0.25) is 9.59 Å². The zero-order valence-corrected chi connectivity index (χ0v) is 13.5. The van der Waals surface area contributed by atoms with Crippen LogP contribution < -0.4 is 0 Å². The highest BCUT2D eigenvalue weighted by Crippen LogP contribution is 2.23. The molecule has 0 aliphatic carbocycles. The van der Waals surface area contributed by atoms with Crippen LogP contribution in [0.15, 0.2) is 22.8 Å². The molecule has 2 heterocycles. The molecule has 0 N–H and O–H groups in total. The van der Waals surface area contributed by atoms with Gasteiger partial charge in [-0.25, -0.2) is 14.3 Å². The molecule has 0 saturated carbocycles. The number of fused-ring (bicyclic) bond motifs is 1. The van der Waals surface area contributed by atoms with Crippen molar-refractivity contribution in [3.63, 3.8) is 0 Å². The highest BCUT2D eigenvalue weighted by atomic mass is 16.6. The number of carbonyl (C=O) groups excluding carboxylic acids is 3. The number of ether oxygens (including phenoxy) is 1. The molecule has 0 bridgehead atoms. The molecule has 1 aromatic heterocycles. The number of imide groups is 1. The van der Waals surface area contributed by atoms with Crippen LogP contribution in [0, 0.1) is 0 Å². The topological polar surface area (TPSA) is 106 Å². The van der Waals surface area contributed by atoms with Crippen molar-refractivity contribution in [2.45, 2.75) is 26.0 Å². The maximum atomic E-state index is 12.3. The first-order valence-corrected chi connectivity index (χ1v) is 7.28. The van der Waals surface area contributed by atoms with Crippen molar-refractivity contribution in [3.8, 4) is 0 Å². The number of hydrogen-bond donors (Lipinski definition) is 0. The molecule has 0 atom stereocenters. The number of benzene rings is 1. The number of rotatable bonds is 4. The van der Waals surface area contributed by atoms with E-state index in [0.717, 1.165) is 10.5 Å². The molecule has 0 spiro atoms. The van der Waals surface area contributed by atoms with Crippen molar-refractivity contribution in [1.29, 1.82) is 0 Å². The minimum absolute atomic E-state index is 0.294. The Morgan fingerprint density at radius 3 is 2.62 bits per heavy atom. The van der Waals surface area contributed by atoms with Crippen LogP contribution in [-0.4, -0.2) is 57.2 Å². The molecule has 1 aliphatic heterocycles. The van der Waals surface area contributed by atoms with Gasteiger partial charge in [0.25, 0.3) is 5.91 Å². The smallest absolute Gasteiger partial charge is 0.418 e. The molecule has 2 aromatic rings. The Labute approximate surface area is 137 Å². The van der Waals surface area contributed by atoms with E-state index in [1.165, 1.54) is 18.7 Å². The van der Waals surface area contributed by atoms with Gasteiger partial charge in [0.2, 0.25) is 5.91 Å². The van der Waals surface area contributed by atoms with E-state index in [9.17, 15) is 14.4 Å². The summed E-state index contributed by atoms with van der Waals surface area (Å²) in [4.78, 5) is 38.3. The van der Waals surface area contributed by atoms with E-state index in [-0.39, 0.29) is 12.5 Å². The number of likely N-dealkylation sites (N-methyl/N-ethyl adjacent to an activating group) is 1. The van der Waals surface area contributed by atoms with Gasteiger partial charge in [-0.2, -0.15) is 0 Å². The zero-order valence-electron chi connectivity index (χ0n) is 13.5. The Balaban J connectivity index is 1.66. The third-order valence-corrected chi connectivity index (χ3v) is 3.78. The second-order valence-electron chi connectivity index (χ2n) is 6.11. The monoisotopic (exact) mass is 332 g/mol. The van der Waals surface area contributed by atoms with Gasteiger partial charge >= 0.3 is 6.09 Å². The Hall–Kier alpha value is -2.97. The van der Waals surface area contributed by atoms with E-state index in [4.69, 9.17) is 4.74 Å². The maximum Gasteiger partial charge on any atom is 0.418 e. The fourth-order valence-corrected chi connectivity index (χ4v) is 2.41. The number of nitrogens with zero attached hydrogens (tertiary/aromatic N) is 4. The minimum Gasteiger partial charge on any atom is -0.433 e. The van der Waals surface area contributed by atoms with Gasteiger partial charge in [0.15, 0.2) is 5.60 Å². The summed E-state index contributed by atoms with van der Waals surface area (Å²) in [7, 11) is 1.59. The average molecular weight is 332 g/mol. The predicted molar refractivity (Wildman–Crippen MR) is 80.6 cm³/mol. The molecule has 0 radical (unpaired) electrons. The molecule has 1 fully saturated rings. The van der Waals surface area contributed by atoms with Crippen LogP contribution >= 0.6 is 0 Å². The Bertz CT molecular complexity index is 828. The molecule has 3 rings (SSSR count). The maximum absolute atomic E-state index is 12.3. The summed E-state index contributed by atoms with van der Waals surface area (Å²) >= 11 is 0. The average Bonchev–Trinajstić information content (AvgIpc) is 3.04. The van der Waals surface area contributed by atoms with Gasteiger partial charge < -0.3 is 9.64 Å². The molecule has 3 amide bonds. The van der Waals surface area contributed by atoms with Crippen molar-refractivity contribution in [2.24, 2.45) is 0 Å². The van der Waals surface area contributed by atoms with E-state index in [0.29, 0.717) is 17.6 Å². The lowest BCUT2D eigenvalue weighted by Gasteiger charge is -2.20. The lowest BCUT2D eigenvalue weighted by atomic mass is 10.1. The normalized spacial score (nSPS) is 16.5. The molecule has 1 saturated heterocycles. The Kier molecular flexibility index (Phi) is 3.70. The third-order valence-electron chi connectivity index (χ3n) is 3.78. The summed E-state index contributed by atoms with van der Waals surface area (Å²) in [5.74, 6) is -0.902. The molecule has 9 nitrogen and oxygen atoms in total. The highest BCUT2D eigenvalue weighted by Gasteiger charge is 2.47. The molecule has 0 unspecified atom stereocenters. The minimum atomic E-state index is -1.24. The van der Waals surface area contributed by atoms with Gasteiger partial charge in [-0.1, -0.05) is 6.07 Å². The SMILES string of the molecule is CN(Cc1ccc2nonc2c1)C(=O)CN1C(=O)OC(C)(C)C1=O. The number of carbonyl (C=O) groups is 3. The number of amides is 3. The molecular weight excluding hydrogens is 316 g/mol. The fourth-order valence-electron chi connectivity index (χ4n) is 2.41. The van der Waals surface area contributed by atoms with Gasteiger partial charge in [0.1, 0.15) is 17.6 Å². The molecule has 1 aliphatic rings. The lowest BCUT2D eigenvalue weighted by Crippen LogP contribution is -2.43. The van der Waals surface area contributed by atoms with Gasteiger partial charge in [-0.05, 0) is 41.9 Å². The first-order chi connectivity index (χ1) is 11.3.